The Labute approximate surface area is 124 Å². The minimum absolute atomic E-state index is 0.0225. The maximum atomic E-state index is 12.4. The first-order valence-corrected chi connectivity index (χ1v) is 6.11. The van der Waals surface area contributed by atoms with Crippen LogP contribution in [0.3, 0.4) is 0 Å². The van der Waals surface area contributed by atoms with E-state index < -0.39 is 5.78 Å². The van der Waals surface area contributed by atoms with Crippen LogP contribution in [-0.2, 0) is 0 Å². The number of rotatable bonds is 6. The molecule has 0 saturated heterocycles. The molecule has 0 aliphatic heterocycles. The second-order valence-corrected chi connectivity index (χ2v) is 4.36. The number of nitrogens with zero attached hydrogens (tertiary/aromatic N) is 2. The summed E-state index contributed by atoms with van der Waals surface area (Å²) in [5.41, 5.74) is 0.313. The van der Waals surface area contributed by atoms with Crippen LogP contribution in [0.2, 0.25) is 0 Å². The Morgan fingerprint density at radius 3 is 2.00 bits per heavy atom. The Balaban J connectivity index is 3.38. The van der Waals surface area contributed by atoms with Crippen molar-refractivity contribution in [2.45, 2.75) is 0 Å². The van der Waals surface area contributed by atoms with Crippen LogP contribution in [0.25, 0.3) is 0 Å². The highest BCUT2D eigenvalue weighted by Crippen LogP contribution is 2.38. The maximum Gasteiger partial charge on any atom is 0.205 e. The summed E-state index contributed by atoms with van der Waals surface area (Å²) in [4.78, 5) is 14.0. The van der Waals surface area contributed by atoms with Gasteiger partial charge in [-0.15, -0.1) is 0 Å². The molecule has 0 radical (unpaired) electrons. The summed E-state index contributed by atoms with van der Waals surface area (Å²) in [6.07, 6.45) is 1.46. The van der Waals surface area contributed by atoms with E-state index in [0.717, 1.165) is 0 Å². The minimum atomic E-state index is -0.412. The molecule has 6 heteroatoms. The molecule has 0 aliphatic carbocycles. The third-order valence-corrected chi connectivity index (χ3v) is 2.68. The van der Waals surface area contributed by atoms with Gasteiger partial charge in [-0.25, -0.2) is 0 Å². The van der Waals surface area contributed by atoms with Gasteiger partial charge >= 0.3 is 0 Å². The highest BCUT2D eigenvalue weighted by Gasteiger charge is 2.19. The average Bonchev–Trinajstić information content (AvgIpc) is 2.49. The van der Waals surface area contributed by atoms with E-state index in [4.69, 9.17) is 19.5 Å². The van der Waals surface area contributed by atoms with Crippen LogP contribution < -0.4 is 14.2 Å². The third-order valence-electron chi connectivity index (χ3n) is 2.68. The van der Waals surface area contributed by atoms with Gasteiger partial charge in [-0.05, 0) is 12.1 Å². The number of hydrogen-bond donors (Lipinski definition) is 0. The van der Waals surface area contributed by atoms with Crippen molar-refractivity contribution < 1.29 is 19.0 Å². The molecule has 112 valence electrons. The Hall–Kier alpha value is -2.68. The van der Waals surface area contributed by atoms with Crippen molar-refractivity contribution in [2.75, 3.05) is 35.4 Å². The van der Waals surface area contributed by atoms with Crippen LogP contribution in [0.5, 0.6) is 17.2 Å². The highest BCUT2D eigenvalue weighted by atomic mass is 16.5. The standard InChI is InChI=1S/C15H18N2O4/c1-17(2)9-11(8-16)14(18)10-6-12(19-3)15(21-5)13(7-10)20-4/h6-7,9H,1-5H3/b11-9+. The predicted molar refractivity (Wildman–Crippen MR) is 77.8 cm³/mol. The zero-order valence-corrected chi connectivity index (χ0v) is 12.8. The molecule has 0 bridgehead atoms. The molecule has 0 saturated carbocycles. The third kappa shape index (κ3) is 3.66. The number of carbonyl (C=O) groups excluding carboxylic acids is 1. The van der Waals surface area contributed by atoms with Crippen LogP contribution in [0, 0.1) is 11.3 Å². The van der Waals surface area contributed by atoms with Crippen molar-refractivity contribution in [3.63, 3.8) is 0 Å². The SMILES string of the molecule is COc1cc(C(=O)/C(C#N)=C/N(C)C)cc(OC)c1OC. The van der Waals surface area contributed by atoms with Crippen LogP contribution in [0.4, 0.5) is 0 Å². The van der Waals surface area contributed by atoms with Gasteiger partial charge in [0.25, 0.3) is 0 Å². The summed E-state index contributed by atoms with van der Waals surface area (Å²) < 4.78 is 15.6. The molecule has 0 spiro atoms. The molecule has 1 aromatic rings. The first-order chi connectivity index (χ1) is 9.98. The predicted octanol–water partition coefficient (Wildman–Crippen LogP) is 1.86. The molecule has 0 atom stereocenters. The van der Waals surface area contributed by atoms with Crippen molar-refractivity contribution >= 4 is 5.78 Å². The van der Waals surface area contributed by atoms with E-state index in [1.165, 1.54) is 39.7 Å². The lowest BCUT2D eigenvalue weighted by Gasteiger charge is -2.13. The van der Waals surface area contributed by atoms with Crippen LogP contribution >= 0.6 is 0 Å². The van der Waals surface area contributed by atoms with Crippen LogP contribution in [0.1, 0.15) is 10.4 Å². The van der Waals surface area contributed by atoms with Gasteiger partial charge in [-0.2, -0.15) is 5.26 Å². The number of nitriles is 1. The number of carbonyl (C=O) groups is 1. The number of Topliss-reactive ketones (excluding diaryl/α,β-unsaturated/α-hetero) is 1. The number of hydrogen-bond acceptors (Lipinski definition) is 6. The van der Waals surface area contributed by atoms with Gasteiger partial charge in [0, 0.05) is 25.9 Å². The lowest BCUT2D eigenvalue weighted by atomic mass is 10.0. The van der Waals surface area contributed by atoms with E-state index in [1.54, 1.807) is 19.0 Å². The summed E-state index contributed by atoms with van der Waals surface area (Å²) in [5.74, 6) is 0.710. The second-order valence-electron chi connectivity index (χ2n) is 4.36. The Morgan fingerprint density at radius 1 is 1.14 bits per heavy atom. The van der Waals surface area contributed by atoms with Crippen molar-refractivity contribution in [1.82, 2.24) is 4.90 Å². The molecule has 21 heavy (non-hydrogen) atoms. The lowest BCUT2D eigenvalue weighted by Crippen LogP contribution is -2.09. The molecule has 0 amide bonds. The number of ketones is 1. The fraction of sp³-hybridized carbons (Fsp3) is 0.333. The largest absolute Gasteiger partial charge is 0.493 e. The van der Waals surface area contributed by atoms with E-state index in [1.807, 2.05) is 6.07 Å². The van der Waals surface area contributed by atoms with E-state index in [2.05, 4.69) is 0 Å². The summed E-state index contributed by atoms with van der Waals surface area (Å²) >= 11 is 0. The molecular weight excluding hydrogens is 272 g/mol. The molecule has 0 fully saturated rings. The fourth-order valence-corrected chi connectivity index (χ4v) is 1.76. The molecule has 0 unspecified atom stereocenters. The molecule has 6 nitrogen and oxygen atoms in total. The molecule has 1 aromatic carbocycles. The molecule has 0 aromatic heterocycles. The fourth-order valence-electron chi connectivity index (χ4n) is 1.76. The Bertz CT molecular complexity index is 575. The summed E-state index contributed by atoms with van der Waals surface area (Å²) in [7, 11) is 7.88. The second kappa shape index (κ2) is 7.20. The van der Waals surface area contributed by atoms with Crippen molar-refractivity contribution in [1.29, 1.82) is 5.26 Å². The van der Waals surface area contributed by atoms with Gasteiger partial charge in [0.2, 0.25) is 11.5 Å². The zero-order valence-electron chi connectivity index (χ0n) is 12.8. The van der Waals surface area contributed by atoms with Gasteiger partial charge in [0.1, 0.15) is 11.6 Å². The van der Waals surface area contributed by atoms with Crippen LogP contribution in [-0.4, -0.2) is 46.1 Å². The van der Waals surface area contributed by atoms with Crippen molar-refractivity contribution in [2.24, 2.45) is 0 Å². The van der Waals surface area contributed by atoms with E-state index in [0.29, 0.717) is 22.8 Å². The van der Waals surface area contributed by atoms with Crippen molar-refractivity contribution in [3.05, 3.63) is 29.5 Å². The maximum absolute atomic E-state index is 12.4. The highest BCUT2D eigenvalue weighted by molar-refractivity contribution is 6.11. The van der Waals surface area contributed by atoms with Crippen molar-refractivity contribution in [3.8, 4) is 23.3 Å². The number of benzene rings is 1. The molecule has 0 N–H and O–H groups in total. The smallest absolute Gasteiger partial charge is 0.205 e. The number of ether oxygens (including phenoxy) is 3. The number of allylic oxidation sites excluding steroid dienone is 1. The van der Waals surface area contributed by atoms with Gasteiger partial charge in [-0.1, -0.05) is 0 Å². The number of methoxy groups -OCH3 is 3. The monoisotopic (exact) mass is 290 g/mol. The lowest BCUT2D eigenvalue weighted by molar-refractivity contribution is 0.103. The van der Waals surface area contributed by atoms with Crippen LogP contribution in [0.15, 0.2) is 23.9 Å². The van der Waals surface area contributed by atoms with Gasteiger partial charge in [0.15, 0.2) is 11.5 Å². The zero-order chi connectivity index (χ0) is 16.0. The molecular formula is C15H18N2O4. The van der Waals surface area contributed by atoms with E-state index in [9.17, 15) is 4.79 Å². The molecule has 0 heterocycles. The Kier molecular flexibility index (Phi) is 5.61. The summed E-state index contributed by atoms with van der Waals surface area (Å²) in [6, 6.07) is 4.93. The summed E-state index contributed by atoms with van der Waals surface area (Å²) in [5, 5.41) is 9.11. The summed E-state index contributed by atoms with van der Waals surface area (Å²) in [6.45, 7) is 0. The minimum Gasteiger partial charge on any atom is -0.493 e. The average molecular weight is 290 g/mol. The topological polar surface area (TPSA) is 71.8 Å². The van der Waals surface area contributed by atoms with E-state index in [-0.39, 0.29) is 5.57 Å². The molecule has 1 rings (SSSR count). The van der Waals surface area contributed by atoms with Gasteiger partial charge < -0.3 is 19.1 Å². The first-order valence-electron chi connectivity index (χ1n) is 6.11. The van der Waals surface area contributed by atoms with E-state index >= 15 is 0 Å². The quantitative estimate of drug-likeness (QED) is 0.452. The van der Waals surface area contributed by atoms with Gasteiger partial charge in [-0.3, -0.25) is 4.79 Å². The Morgan fingerprint density at radius 2 is 1.67 bits per heavy atom. The first kappa shape index (κ1) is 16.4. The van der Waals surface area contributed by atoms with Gasteiger partial charge in [0.05, 0.1) is 21.3 Å². The molecule has 0 aliphatic rings. The normalized spacial score (nSPS) is 10.6.